The lowest BCUT2D eigenvalue weighted by Gasteiger charge is -2.14. The maximum Gasteiger partial charge on any atom is 0.262 e. The second-order valence-corrected chi connectivity index (χ2v) is 9.85. The minimum atomic E-state index is -4.04. The van der Waals surface area contributed by atoms with E-state index >= 15 is 0 Å². The number of para-hydroxylation sites is 3. The molecule has 5 aromatic rings. The molecule has 0 fully saturated rings. The fourth-order valence-electron chi connectivity index (χ4n) is 3.88. The van der Waals surface area contributed by atoms with Gasteiger partial charge in [-0.3, -0.25) is 9.52 Å². The van der Waals surface area contributed by atoms with Gasteiger partial charge in [0, 0.05) is 11.3 Å². The van der Waals surface area contributed by atoms with E-state index in [1.165, 1.54) is 25.1 Å². The van der Waals surface area contributed by atoms with Crippen LogP contribution in [0.2, 0.25) is 0 Å². The summed E-state index contributed by atoms with van der Waals surface area (Å²) in [5.74, 6) is -0.303. The summed E-state index contributed by atoms with van der Waals surface area (Å²) in [7, 11) is -4.04. The van der Waals surface area contributed by atoms with Crippen LogP contribution in [0.3, 0.4) is 0 Å². The van der Waals surface area contributed by atoms with Crippen molar-refractivity contribution in [1.29, 1.82) is 0 Å². The Bertz CT molecular complexity index is 1660. The quantitative estimate of drug-likeness (QED) is 0.277. The number of carbonyl (C=O) groups is 1. The molecular formula is C27H21FN4O3S. The van der Waals surface area contributed by atoms with Crippen molar-refractivity contribution in [3.63, 3.8) is 0 Å². The summed E-state index contributed by atoms with van der Waals surface area (Å²) in [5.41, 5.74) is 3.69. The van der Waals surface area contributed by atoms with E-state index in [-0.39, 0.29) is 21.7 Å². The number of hydrogen-bond acceptors (Lipinski definition) is 4. The van der Waals surface area contributed by atoms with Gasteiger partial charge in [0.15, 0.2) is 0 Å². The Labute approximate surface area is 207 Å². The Kier molecular flexibility index (Phi) is 5.99. The minimum Gasteiger partial charge on any atom is -0.338 e. The molecule has 0 aliphatic carbocycles. The summed E-state index contributed by atoms with van der Waals surface area (Å²) in [6, 6.07) is 24.6. The molecule has 0 unspecified atom stereocenters. The van der Waals surface area contributed by atoms with E-state index in [1.807, 2.05) is 36.4 Å². The molecule has 9 heteroatoms. The van der Waals surface area contributed by atoms with Crippen molar-refractivity contribution >= 4 is 38.3 Å². The number of aryl methyl sites for hydroxylation is 1. The lowest BCUT2D eigenvalue weighted by atomic mass is 10.1. The van der Waals surface area contributed by atoms with Crippen molar-refractivity contribution in [3.05, 3.63) is 108 Å². The second kappa shape index (κ2) is 9.27. The molecule has 0 bridgehead atoms. The van der Waals surface area contributed by atoms with Gasteiger partial charge in [-0.2, -0.15) is 0 Å². The standard InChI is InChI=1S/C27H21FN4O3S/c1-17-16-19(28)12-15-25(17)36(34,35)32-22-7-3-2-6-21(22)27(33)29-20-13-10-18(11-14-20)26-30-23-8-4-5-9-24(23)31-26/h2-16,32H,1H3,(H,29,33)(H,30,31). The molecule has 36 heavy (non-hydrogen) atoms. The third kappa shape index (κ3) is 4.69. The Morgan fingerprint density at radius 1 is 0.917 bits per heavy atom. The average molecular weight is 501 g/mol. The molecule has 1 aromatic heterocycles. The Balaban J connectivity index is 1.35. The molecule has 5 rings (SSSR count). The van der Waals surface area contributed by atoms with Crippen molar-refractivity contribution in [2.45, 2.75) is 11.8 Å². The highest BCUT2D eigenvalue weighted by molar-refractivity contribution is 7.92. The number of nitrogens with zero attached hydrogens (tertiary/aromatic N) is 1. The number of anilines is 2. The van der Waals surface area contributed by atoms with Crippen LogP contribution in [0.25, 0.3) is 22.4 Å². The first-order valence-electron chi connectivity index (χ1n) is 11.0. The van der Waals surface area contributed by atoms with E-state index < -0.39 is 21.7 Å². The van der Waals surface area contributed by atoms with Gasteiger partial charge in [0.05, 0.1) is 27.2 Å². The van der Waals surface area contributed by atoms with Crippen LogP contribution in [0.4, 0.5) is 15.8 Å². The smallest absolute Gasteiger partial charge is 0.262 e. The van der Waals surface area contributed by atoms with E-state index in [0.29, 0.717) is 11.5 Å². The SMILES string of the molecule is Cc1cc(F)ccc1S(=O)(=O)Nc1ccccc1C(=O)Nc1ccc(-c2nc3ccccc3[nH]2)cc1. The number of fused-ring (bicyclic) bond motifs is 1. The summed E-state index contributed by atoms with van der Waals surface area (Å²) >= 11 is 0. The number of nitrogens with one attached hydrogen (secondary N) is 3. The van der Waals surface area contributed by atoms with Crippen LogP contribution in [-0.4, -0.2) is 24.3 Å². The first-order valence-corrected chi connectivity index (χ1v) is 12.5. The number of aromatic amines is 1. The maximum atomic E-state index is 13.4. The van der Waals surface area contributed by atoms with Gasteiger partial charge in [-0.05, 0) is 79.2 Å². The van der Waals surface area contributed by atoms with Crippen molar-refractivity contribution < 1.29 is 17.6 Å². The fraction of sp³-hybridized carbons (Fsp3) is 0.0370. The lowest BCUT2D eigenvalue weighted by Crippen LogP contribution is -2.19. The normalized spacial score (nSPS) is 11.4. The molecule has 0 atom stereocenters. The average Bonchev–Trinajstić information content (AvgIpc) is 3.29. The molecule has 3 N–H and O–H groups in total. The number of amides is 1. The Morgan fingerprint density at radius 3 is 2.39 bits per heavy atom. The van der Waals surface area contributed by atoms with Crippen LogP contribution in [0.5, 0.6) is 0 Å². The molecule has 0 aliphatic heterocycles. The van der Waals surface area contributed by atoms with Gasteiger partial charge < -0.3 is 10.3 Å². The number of halogens is 1. The molecule has 1 amide bonds. The molecule has 0 radical (unpaired) electrons. The largest absolute Gasteiger partial charge is 0.338 e. The number of aromatic nitrogens is 2. The summed E-state index contributed by atoms with van der Waals surface area (Å²) in [6.45, 7) is 1.51. The van der Waals surface area contributed by atoms with E-state index in [4.69, 9.17) is 0 Å². The van der Waals surface area contributed by atoms with Gasteiger partial charge in [0.2, 0.25) is 0 Å². The summed E-state index contributed by atoms with van der Waals surface area (Å²) in [5, 5.41) is 2.79. The first-order chi connectivity index (χ1) is 17.3. The number of benzene rings is 4. The molecule has 4 aromatic carbocycles. The van der Waals surface area contributed by atoms with Crippen LogP contribution in [0.15, 0.2) is 95.9 Å². The zero-order valence-corrected chi connectivity index (χ0v) is 19.9. The molecule has 0 saturated carbocycles. The van der Waals surface area contributed by atoms with Crippen LogP contribution in [-0.2, 0) is 10.0 Å². The van der Waals surface area contributed by atoms with Gasteiger partial charge in [-0.1, -0.05) is 24.3 Å². The number of rotatable bonds is 6. The molecular weight excluding hydrogens is 479 g/mol. The minimum absolute atomic E-state index is 0.0692. The van der Waals surface area contributed by atoms with Crippen molar-refractivity contribution in [2.24, 2.45) is 0 Å². The molecule has 0 saturated heterocycles. The third-order valence-corrected chi connectivity index (χ3v) is 7.17. The van der Waals surface area contributed by atoms with E-state index in [1.54, 1.807) is 24.3 Å². The number of sulfonamides is 1. The summed E-state index contributed by atoms with van der Waals surface area (Å²) in [6.07, 6.45) is 0. The number of H-pyrrole nitrogens is 1. The van der Waals surface area contributed by atoms with Gasteiger partial charge in [0.25, 0.3) is 15.9 Å². The summed E-state index contributed by atoms with van der Waals surface area (Å²) < 4.78 is 41.7. The van der Waals surface area contributed by atoms with E-state index in [0.717, 1.165) is 28.7 Å². The lowest BCUT2D eigenvalue weighted by molar-refractivity contribution is 0.102. The second-order valence-electron chi connectivity index (χ2n) is 8.19. The Hall–Kier alpha value is -4.50. The number of imidazole rings is 1. The number of carbonyl (C=O) groups excluding carboxylic acids is 1. The fourth-order valence-corrected chi connectivity index (χ4v) is 5.19. The molecule has 7 nitrogen and oxygen atoms in total. The number of hydrogen-bond donors (Lipinski definition) is 3. The van der Waals surface area contributed by atoms with E-state index in [2.05, 4.69) is 20.0 Å². The van der Waals surface area contributed by atoms with Gasteiger partial charge >= 0.3 is 0 Å². The molecule has 180 valence electrons. The van der Waals surface area contributed by atoms with Crippen molar-refractivity contribution in [1.82, 2.24) is 9.97 Å². The topological polar surface area (TPSA) is 104 Å². The van der Waals surface area contributed by atoms with E-state index in [9.17, 15) is 17.6 Å². The highest BCUT2D eigenvalue weighted by Gasteiger charge is 2.21. The van der Waals surface area contributed by atoms with Gasteiger partial charge in [-0.25, -0.2) is 17.8 Å². The predicted molar refractivity (Wildman–Crippen MR) is 138 cm³/mol. The monoisotopic (exact) mass is 500 g/mol. The predicted octanol–water partition coefficient (Wildman–Crippen LogP) is 5.73. The maximum absolute atomic E-state index is 13.4. The molecule has 0 aliphatic rings. The van der Waals surface area contributed by atoms with Crippen LogP contribution in [0, 0.1) is 12.7 Å². The van der Waals surface area contributed by atoms with Crippen LogP contribution >= 0.6 is 0 Å². The molecule has 1 heterocycles. The zero-order chi connectivity index (χ0) is 25.3. The summed E-state index contributed by atoms with van der Waals surface area (Å²) in [4.78, 5) is 20.8. The van der Waals surface area contributed by atoms with Crippen LogP contribution in [0.1, 0.15) is 15.9 Å². The third-order valence-electron chi connectivity index (χ3n) is 5.65. The van der Waals surface area contributed by atoms with Crippen molar-refractivity contribution in [2.75, 3.05) is 10.0 Å². The van der Waals surface area contributed by atoms with Crippen LogP contribution < -0.4 is 10.0 Å². The highest BCUT2D eigenvalue weighted by Crippen LogP contribution is 2.25. The first kappa shape index (κ1) is 23.3. The molecule has 0 spiro atoms. The zero-order valence-electron chi connectivity index (χ0n) is 19.1. The van der Waals surface area contributed by atoms with Gasteiger partial charge in [-0.15, -0.1) is 0 Å². The van der Waals surface area contributed by atoms with Crippen molar-refractivity contribution in [3.8, 4) is 11.4 Å². The Morgan fingerprint density at radius 2 is 1.64 bits per heavy atom. The van der Waals surface area contributed by atoms with Gasteiger partial charge in [0.1, 0.15) is 11.6 Å². The highest BCUT2D eigenvalue weighted by atomic mass is 32.2.